The molecule has 1 aromatic carbocycles. The van der Waals surface area contributed by atoms with E-state index in [1.165, 1.54) is 12.8 Å². The number of carbonyl (C=O) groups is 1. The molecule has 8 heteroatoms. The van der Waals surface area contributed by atoms with Gasteiger partial charge in [-0.05, 0) is 42.9 Å². The fourth-order valence-electron chi connectivity index (χ4n) is 5.31. The molecule has 1 saturated carbocycles. The van der Waals surface area contributed by atoms with Crippen molar-refractivity contribution < 1.29 is 13.9 Å². The summed E-state index contributed by atoms with van der Waals surface area (Å²) >= 11 is 0. The third-order valence-corrected chi connectivity index (χ3v) is 7.28. The molecular formula is C29H39FN4O3. The van der Waals surface area contributed by atoms with Crippen LogP contribution in [0.25, 0.3) is 10.8 Å². The topological polar surface area (TPSA) is 78.5 Å². The zero-order valence-electron chi connectivity index (χ0n) is 22.2. The molecule has 5 rings (SSSR count). The Kier molecular flexibility index (Phi) is 9.27. The number of aromatic nitrogens is 2. The van der Waals surface area contributed by atoms with Crippen molar-refractivity contribution in [2.45, 2.75) is 58.6 Å². The number of nitrogens with one attached hydrogen (secondary N) is 1. The van der Waals surface area contributed by atoms with Crippen molar-refractivity contribution in [3.63, 3.8) is 0 Å². The first-order valence-electron chi connectivity index (χ1n) is 13.6. The van der Waals surface area contributed by atoms with E-state index in [0.717, 1.165) is 36.4 Å². The van der Waals surface area contributed by atoms with Crippen molar-refractivity contribution in [1.29, 1.82) is 0 Å². The second-order valence-corrected chi connectivity index (χ2v) is 9.84. The smallest absolute Gasteiger partial charge is 0.272 e. The number of morpholine rings is 1. The minimum absolute atomic E-state index is 0.00493. The summed E-state index contributed by atoms with van der Waals surface area (Å²) in [6, 6.07) is 7.49. The normalized spacial score (nSPS) is 22.5. The second-order valence-electron chi connectivity index (χ2n) is 9.84. The molecule has 1 aliphatic carbocycles. The number of aromatic amines is 1. The summed E-state index contributed by atoms with van der Waals surface area (Å²) in [5.41, 5.74) is 1.40. The van der Waals surface area contributed by atoms with Gasteiger partial charge in [-0.3, -0.25) is 14.5 Å². The Labute approximate surface area is 218 Å². The molecule has 0 bridgehead atoms. The molecule has 0 radical (unpaired) electrons. The minimum Gasteiger partial charge on any atom is -0.373 e. The number of allylic oxidation sites excluding steroid dienone is 3. The zero-order valence-corrected chi connectivity index (χ0v) is 22.2. The Morgan fingerprint density at radius 3 is 2.68 bits per heavy atom. The molecule has 2 unspecified atom stereocenters. The first kappa shape index (κ1) is 27.2. The van der Waals surface area contributed by atoms with Gasteiger partial charge in [0.1, 0.15) is 6.67 Å². The lowest BCUT2D eigenvalue weighted by Gasteiger charge is -2.36. The predicted octanol–water partition coefficient (Wildman–Crippen LogP) is 4.05. The fraction of sp³-hybridized carbons (Fsp3) is 0.552. The maximum absolute atomic E-state index is 14.2. The van der Waals surface area contributed by atoms with E-state index in [4.69, 9.17) is 4.74 Å². The summed E-state index contributed by atoms with van der Waals surface area (Å²) in [6.07, 6.45) is 7.35. The molecule has 0 spiro atoms. The number of carbonyl (C=O) groups excluding carboxylic acids is 1. The Balaban J connectivity index is 0.00000156. The molecular weight excluding hydrogens is 471 g/mol. The van der Waals surface area contributed by atoms with E-state index in [2.05, 4.69) is 15.1 Å². The number of amides is 1. The van der Waals surface area contributed by atoms with Crippen LogP contribution in [0.5, 0.6) is 0 Å². The van der Waals surface area contributed by atoms with E-state index in [0.29, 0.717) is 37.2 Å². The molecule has 2 aliphatic heterocycles. The highest BCUT2D eigenvalue weighted by Crippen LogP contribution is 2.33. The molecule has 1 aromatic heterocycles. The highest BCUT2D eigenvalue weighted by atomic mass is 19.1. The molecule has 7 nitrogen and oxygen atoms in total. The predicted molar refractivity (Wildman–Crippen MR) is 144 cm³/mol. The highest BCUT2D eigenvalue weighted by Gasteiger charge is 2.43. The van der Waals surface area contributed by atoms with Crippen molar-refractivity contribution in [2.75, 3.05) is 39.5 Å². The van der Waals surface area contributed by atoms with E-state index in [1.807, 2.05) is 45.0 Å². The van der Waals surface area contributed by atoms with Gasteiger partial charge in [0.15, 0.2) is 0 Å². The number of hydrogen-bond donors (Lipinski definition) is 1. The third kappa shape index (κ3) is 6.36. The van der Waals surface area contributed by atoms with Gasteiger partial charge in [0.2, 0.25) is 0 Å². The largest absolute Gasteiger partial charge is 0.373 e. The summed E-state index contributed by atoms with van der Waals surface area (Å²) in [4.78, 5) is 29.7. The molecule has 37 heavy (non-hydrogen) atoms. The number of benzene rings is 1. The Bertz CT molecular complexity index is 1200. The molecule has 1 amide bonds. The SMILES string of the molecule is CC.CC/C=C(\C=C(/CF)C(=O)N1CC2OCCN(CC3CC3)C2C1)Cc1n[nH]c(=O)c2ccccc12. The molecule has 2 atom stereocenters. The van der Waals surface area contributed by atoms with Crippen LogP contribution in [0, 0.1) is 5.92 Å². The average molecular weight is 511 g/mol. The van der Waals surface area contributed by atoms with Crippen LogP contribution >= 0.6 is 0 Å². The van der Waals surface area contributed by atoms with Crippen LogP contribution in [0.4, 0.5) is 4.39 Å². The number of hydrogen-bond acceptors (Lipinski definition) is 5. The van der Waals surface area contributed by atoms with Gasteiger partial charge in [-0.15, -0.1) is 0 Å². The number of alkyl halides is 1. The van der Waals surface area contributed by atoms with Crippen molar-refractivity contribution in [1.82, 2.24) is 20.0 Å². The van der Waals surface area contributed by atoms with Crippen LogP contribution < -0.4 is 5.56 Å². The quantitative estimate of drug-likeness (QED) is 0.428. The monoisotopic (exact) mass is 510 g/mol. The van der Waals surface area contributed by atoms with Crippen LogP contribution in [0.15, 0.2) is 52.4 Å². The van der Waals surface area contributed by atoms with Gasteiger partial charge in [0.25, 0.3) is 11.5 Å². The number of rotatable bonds is 8. The maximum atomic E-state index is 14.2. The lowest BCUT2D eigenvalue weighted by Crippen LogP contribution is -2.51. The average Bonchev–Trinajstić information content (AvgIpc) is 3.64. The molecule has 2 saturated heterocycles. The van der Waals surface area contributed by atoms with Gasteiger partial charge in [0.05, 0.1) is 29.8 Å². The van der Waals surface area contributed by atoms with Crippen LogP contribution in [-0.4, -0.2) is 77.5 Å². The van der Waals surface area contributed by atoms with Gasteiger partial charge in [-0.1, -0.05) is 45.0 Å². The molecule has 3 fully saturated rings. The summed E-state index contributed by atoms with van der Waals surface area (Å²) in [7, 11) is 0. The van der Waals surface area contributed by atoms with Crippen molar-refractivity contribution in [3.05, 3.63) is 63.6 Å². The number of H-pyrrole nitrogens is 1. The van der Waals surface area contributed by atoms with Crippen LogP contribution in [0.3, 0.4) is 0 Å². The van der Waals surface area contributed by atoms with E-state index in [1.54, 1.807) is 17.0 Å². The first-order chi connectivity index (χ1) is 18.1. The lowest BCUT2D eigenvalue weighted by atomic mass is 10.0. The number of halogens is 1. The standard InChI is InChI=1S/C27H33FN4O3.C2H6/c1-2-5-19(13-23-21-6-3-4-7-22(21)26(33)30-29-23)12-20(14-28)27(34)32-16-24-25(17-32)35-11-10-31(24)15-18-8-9-18;1-2/h3-7,12,18,24-25H,2,8-11,13-17H2,1H3,(H,30,33);1-2H3/b19-5+,20-12+;. The number of nitrogens with zero attached hydrogens (tertiary/aromatic N) is 3. The van der Waals surface area contributed by atoms with E-state index in [9.17, 15) is 14.0 Å². The lowest BCUT2D eigenvalue weighted by molar-refractivity contribution is -0.126. The number of likely N-dealkylation sites (tertiary alicyclic amines) is 1. The van der Waals surface area contributed by atoms with Gasteiger partial charge in [-0.25, -0.2) is 9.49 Å². The van der Waals surface area contributed by atoms with Crippen molar-refractivity contribution >= 4 is 16.7 Å². The van der Waals surface area contributed by atoms with Gasteiger partial charge in [-0.2, -0.15) is 5.10 Å². The summed E-state index contributed by atoms with van der Waals surface area (Å²) in [5, 5.41) is 8.13. The molecule has 3 aliphatic rings. The minimum atomic E-state index is -0.835. The van der Waals surface area contributed by atoms with Gasteiger partial charge < -0.3 is 9.64 Å². The molecule has 3 heterocycles. The van der Waals surface area contributed by atoms with E-state index < -0.39 is 6.67 Å². The molecule has 1 N–H and O–H groups in total. The first-order valence-corrected chi connectivity index (χ1v) is 13.6. The van der Waals surface area contributed by atoms with Gasteiger partial charge in [0, 0.05) is 43.6 Å². The maximum Gasteiger partial charge on any atom is 0.272 e. The third-order valence-electron chi connectivity index (χ3n) is 7.28. The number of ether oxygens (including phenoxy) is 1. The Hall–Kier alpha value is -2.84. The van der Waals surface area contributed by atoms with Crippen LogP contribution in [-0.2, 0) is 16.0 Å². The zero-order chi connectivity index (χ0) is 26.4. The van der Waals surface area contributed by atoms with Crippen molar-refractivity contribution in [2.24, 2.45) is 5.92 Å². The number of fused-ring (bicyclic) bond motifs is 2. The van der Waals surface area contributed by atoms with E-state index >= 15 is 0 Å². The summed E-state index contributed by atoms with van der Waals surface area (Å²) in [5.74, 6) is 0.511. The second kappa shape index (κ2) is 12.6. The van der Waals surface area contributed by atoms with Crippen LogP contribution in [0.1, 0.15) is 45.7 Å². The molecule has 200 valence electrons. The highest BCUT2D eigenvalue weighted by molar-refractivity contribution is 5.94. The fourth-order valence-corrected chi connectivity index (χ4v) is 5.31. The summed E-state index contributed by atoms with van der Waals surface area (Å²) < 4.78 is 20.2. The summed E-state index contributed by atoms with van der Waals surface area (Å²) in [6.45, 7) is 8.90. The molecule has 2 aromatic rings. The van der Waals surface area contributed by atoms with Gasteiger partial charge >= 0.3 is 0 Å². The Morgan fingerprint density at radius 2 is 1.97 bits per heavy atom. The van der Waals surface area contributed by atoms with E-state index in [-0.39, 0.29) is 29.2 Å². The van der Waals surface area contributed by atoms with Crippen LogP contribution in [0.2, 0.25) is 0 Å². The Morgan fingerprint density at radius 1 is 1.22 bits per heavy atom. The van der Waals surface area contributed by atoms with Crippen molar-refractivity contribution in [3.8, 4) is 0 Å².